The highest BCUT2D eigenvalue weighted by Crippen LogP contribution is 2.45. The van der Waals surface area contributed by atoms with E-state index >= 15 is 0 Å². The molecule has 1 amide bonds. The molecule has 0 saturated carbocycles. The first-order chi connectivity index (χ1) is 16.8. The number of amides is 1. The molecule has 0 saturated heterocycles. The molecule has 0 radical (unpaired) electrons. The number of aryl methyl sites for hydroxylation is 3. The van der Waals surface area contributed by atoms with Crippen LogP contribution in [0, 0.1) is 20.8 Å². The number of ether oxygens (including phenoxy) is 2. The van der Waals surface area contributed by atoms with Crippen molar-refractivity contribution in [3.8, 4) is 11.5 Å². The van der Waals surface area contributed by atoms with Crippen molar-refractivity contribution in [1.29, 1.82) is 0 Å². The smallest absolute Gasteiger partial charge is 0.296 e. The molecule has 3 heterocycles. The van der Waals surface area contributed by atoms with Gasteiger partial charge in [0.05, 0.1) is 40.4 Å². The summed E-state index contributed by atoms with van der Waals surface area (Å²) in [6.07, 6.45) is 0.831. The highest BCUT2D eigenvalue weighted by atomic mass is 32.1. The Bertz CT molecular complexity index is 1310. The Labute approximate surface area is 211 Å². The summed E-state index contributed by atoms with van der Waals surface area (Å²) in [5.41, 5.74) is 1.09. The summed E-state index contributed by atoms with van der Waals surface area (Å²) in [6.45, 7) is 10.1. The maximum absolute atomic E-state index is 13.7. The molecule has 3 aromatic rings. The lowest BCUT2D eigenvalue weighted by molar-refractivity contribution is -0.117. The van der Waals surface area contributed by atoms with E-state index in [0.29, 0.717) is 45.9 Å². The fraction of sp³-hybridized carbons (Fsp3) is 0.375. The molecule has 35 heavy (non-hydrogen) atoms. The summed E-state index contributed by atoms with van der Waals surface area (Å²) in [7, 11) is 0. The minimum absolute atomic E-state index is 0.0284. The average molecular weight is 515 g/mol. The van der Waals surface area contributed by atoms with Crippen molar-refractivity contribution in [2.75, 3.05) is 18.1 Å². The standard InChI is InChI=1S/C24H26N4O5S2/c1-6-10-33-16-9-8-15(11-17(16)32-7-2)19-18(20(29)22-12(3)25-13(4)34-22)21(30)23(31)28(19)24-27-26-14(5)35-24/h8-9,11,19,30H,6-7,10H2,1-5H3. The van der Waals surface area contributed by atoms with Gasteiger partial charge in [-0.15, -0.1) is 21.5 Å². The monoisotopic (exact) mass is 514 g/mol. The van der Waals surface area contributed by atoms with Crippen LogP contribution in [-0.4, -0.2) is 45.2 Å². The molecule has 2 aromatic heterocycles. The second kappa shape index (κ2) is 10.1. The summed E-state index contributed by atoms with van der Waals surface area (Å²) in [4.78, 5) is 33.0. The van der Waals surface area contributed by atoms with E-state index in [0.717, 1.165) is 11.4 Å². The first kappa shape index (κ1) is 24.8. The SMILES string of the molecule is CCCOc1ccc(C2C(C(=O)c3sc(C)nc3C)=C(O)C(=O)N2c2nnc(C)s2)cc1OCC. The molecular formula is C24H26N4O5S2. The van der Waals surface area contributed by atoms with Crippen LogP contribution in [0.15, 0.2) is 29.5 Å². The average Bonchev–Trinajstić information content (AvgIpc) is 3.48. The number of carbonyl (C=O) groups excluding carboxylic acids is 2. The van der Waals surface area contributed by atoms with Gasteiger partial charge in [0.15, 0.2) is 17.3 Å². The molecule has 9 nitrogen and oxygen atoms in total. The van der Waals surface area contributed by atoms with E-state index in [-0.39, 0.29) is 10.7 Å². The third-order valence-corrected chi connectivity index (χ3v) is 7.24. The lowest BCUT2D eigenvalue weighted by atomic mass is 9.95. The van der Waals surface area contributed by atoms with Crippen LogP contribution in [0.2, 0.25) is 0 Å². The van der Waals surface area contributed by atoms with Gasteiger partial charge < -0.3 is 14.6 Å². The number of rotatable bonds is 9. The van der Waals surface area contributed by atoms with Gasteiger partial charge in [-0.3, -0.25) is 14.5 Å². The normalized spacial score (nSPS) is 15.7. The molecule has 11 heteroatoms. The first-order valence-corrected chi connectivity index (χ1v) is 12.8. The van der Waals surface area contributed by atoms with Crippen LogP contribution in [0.4, 0.5) is 5.13 Å². The summed E-state index contributed by atoms with van der Waals surface area (Å²) >= 11 is 2.43. The van der Waals surface area contributed by atoms with Gasteiger partial charge in [0.1, 0.15) is 5.01 Å². The lowest BCUT2D eigenvalue weighted by Gasteiger charge is -2.25. The van der Waals surface area contributed by atoms with Crippen LogP contribution in [0.25, 0.3) is 0 Å². The van der Waals surface area contributed by atoms with Gasteiger partial charge in [-0.05, 0) is 51.8 Å². The Kier molecular flexibility index (Phi) is 7.18. The second-order valence-corrected chi connectivity index (χ2v) is 10.3. The third kappa shape index (κ3) is 4.65. The van der Waals surface area contributed by atoms with Crippen LogP contribution in [0.5, 0.6) is 11.5 Å². The van der Waals surface area contributed by atoms with Gasteiger partial charge in [0, 0.05) is 0 Å². The molecule has 0 bridgehead atoms. The van der Waals surface area contributed by atoms with E-state index in [4.69, 9.17) is 9.47 Å². The Balaban J connectivity index is 1.87. The Morgan fingerprint density at radius 2 is 1.86 bits per heavy atom. The number of nitrogens with zero attached hydrogens (tertiary/aromatic N) is 4. The lowest BCUT2D eigenvalue weighted by Crippen LogP contribution is -2.31. The number of aliphatic hydroxyl groups is 1. The van der Waals surface area contributed by atoms with Gasteiger partial charge in [-0.25, -0.2) is 4.98 Å². The third-order valence-electron chi connectivity index (χ3n) is 5.33. The zero-order valence-corrected chi connectivity index (χ0v) is 21.7. The number of benzene rings is 1. The second-order valence-electron chi connectivity index (χ2n) is 7.91. The maximum atomic E-state index is 13.7. The molecule has 0 aliphatic carbocycles. The molecule has 1 unspecified atom stereocenters. The number of hydrogen-bond donors (Lipinski definition) is 1. The molecule has 1 N–H and O–H groups in total. The Hall–Kier alpha value is -3.31. The van der Waals surface area contributed by atoms with E-state index in [1.807, 2.05) is 13.8 Å². The fourth-order valence-electron chi connectivity index (χ4n) is 3.89. The van der Waals surface area contributed by atoms with Crippen LogP contribution >= 0.6 is 22.7 Å². The summed E-state index contributed by atoms with van der Waals surface area (Å²) < 4.78 is 11.6. The Morgan fingerprint density at radius 3 is 2.46 bits per heavy atom. The van der Waals surface area contributed by atoms with Crippen molar-refractivity contribution >= 4 is 39.5 Å². The fourth-order valence-corrected chi connectivity index (χ4v) is 5.48. The quantitative estimate of drug-likeness (QED) is 0.402. The number of aliphatic hydroxyl groups excluding tert-OH is 1. The van der Waals surface area contributed by atoms with Crippen molar-refractivity contribution in [1.82, 2.24) is 15.2 Å². The number of carbonyl (C=O) groups is 2. The van der Waals surface area contributed by atoms with Gasteiger partial charge >= 0.3 is 0 Å². The number of aromatic nitrogens is 3. The first-order valence-electron chi connectivity index (χ1n) is 11.2. The van der Waals surface area contributed by atoms with E-state index in [1.54, 1.807) is 39.0 Å². The van der Waals surface area contributed by atoms with Gasteiger partial charge in [0.2, 0.25) is 10.9 Å². The van der Waals surface area contributed by atoms with Crippen LogP contribution < -0.4 is 14.4 Å². The maximum Gasteiger partial charge on any atom is 0.296 e. The number of ketones is 1. The summed E-state index contributed by atoms with van der Waals surface area (Å²) in [5.74, 6) is -0.713. The van der Waals surface area contributed by atoms with Crippen molar-refractivity contribution < 1.29 is 24.2 Å². The van der Waals surface area contributed by atoms with Gasteiger partial charge in [-0.1, -0.05) is 24.3 Å². The number of anilines is 1. The number of thiazole rings is 1. The van der Waals surface area contributed by atoms with Gasteiger partial charge in [-0.2, -0.15) is 0 Å². The molecule has 1 aromatic carbocycles. The molecule has 184 valence electrons. The summed E-state index contributed by atoms with van der Waals surface area (Å²) in [6, 6.07) is 4.33. The van der Waals surface area contributed by atoms with E-state index in [9.17, 15) is 14.7 Å². The van der Waals surface area contributed by atoms with E-state index in [1.165, 1.54) is 27.6 Å². The molecule has 0 fully saturated rings. The predicted molar refractivity (Wildman–Crippen MR) is 134 cm³/mol. The topological polar surface area (TPSA) is 115 Å². The minimum Gasteiger partial charge on any atom is -0.503 e. The van der Waals surface area contributed by atoms with Crippen molar-refractivity contribution in [2.45, 2.75) is 47.1 Å². The number of hydrogen-bond acceptors (Lipinski definition) is 10. The highest BCUT2D eigenvalue weighted by molar-refractivity contribution is 7.15. The largest absolute Gasteiger partial charge is 0.503 e. The molecule has 1 atom stereocenters. The Morgan fingerprint density at radius 1 is 1.09 bits per heavy atom. The molecule has 1 aliphatic rings. The highest BCUT2D eigenvalue weighted by Gasteiger charge is 2.47. The van der Waals surface area contributed by atoms with Crippen molar-refractivity contribution in [3.63, 3.8) is 0 Å². The zero-order valence-electron chi connectivity index (χ0n) is 20.1. The van der Waals surface area contributed by atoms with Crippen molar-refractivity contribution in [3.05, 3.63) is 55.7 Å². The minimum atomic E-state index is -0.927. The van der Waals surface area contributed by atoms with Crippen molar-refractivity contribution in [2.24, 2.45) is 0 Å². The van der Waals surface area contributed by atoms with E-state index in [2.05, 4.69) is 15.2 Å². The van der Waals surface area contributed by atoms with E-state index < -0.39 is 23.5 Å². The van der Waals surface area contributed by atoms with Crippen LogP contribution in [0.1, 0.15) is 57.3 Å². The predicted octanol–water partition coefficient (Wildman–Crippen LogP) is 4.89. The molecule has 0 spiro atoms. The molecular weight excluding hydrogens is 488 g/mol. The van der Waals surface area contributed by atoms with Crippen LogP contribution in [0.3, 0.4) is 0 Å². The zero-order chi connectivity index (χ0) is 25.3. The van der Waals surface area contributed by atoms with Gasteiger partial charge in [0.25, 0.3) is 5.91 Å². The summed E-state index contributed by atoms with van der Waals surface area (Å²) in [5, 5.41) is 20.8. The van der Waals surface area contributed by atoms with Crippen LogP contribution in [-0.2, 0) is 4.79 Å². The molecule has 4 rings (SSSR count). The molecule has 1 aliphatic heterocycles. The number of Topliss-reactive ketones (excluding diaryl/α,β-unsaturated/α-hetero) is 1.